The number of carbonyl (C=O) groups excluding carboxylic acids is 1. The number of carbonyl (C=O) groups is 2. The van der Waals surface area contributed by atoms with Crippen molar-refractivity contribution in [2.24, 2.45) is 0 Å². The zero-order valence-electron chi connectivity index (χ0n) is 12.8. The highest BCUT2D eigenvalue weighted by Crippen LogP contribution is 2.19. The molecule has 0 aliphatic carbocycles. The van der Waals surface area contributed by atoms with E-state index in [1.807, 2.05) is 11.8 Å². The van der Waals surface area contributed by atoms with Crippen LogP contribution in [0, 0.1) is 0 Å². The highest BCUT2D eigenvalue weighted by molar-refractivity contribution is 5.95. The predicted octanol–water partition coefficient (Wildman–Crippen LogP) is 1.27. The van der Waals surface area contributed by atoms with E-state index in [4.69, 9.17) is 5.73 Å². The Labute approximate surface area is 125 Å². The minimum atomic E-state index is -1.04. The summed E-state index contributed by atoms with van der Waals surface area (Å²) in [7, 11) is 3.41. The summed E-state index contributed by atoms with van der Waals surface area (Å²) in [5.74, 6) is -1.05. The molecule has 0 aliphatic rings. The molecule has 0 heterocycles. The number of carboxylic acids is 1. The van der Waals surface area contributed by atoms with Gasteiger partial charge in [0.05, 0.1) is 12.1 Å². The van der Waals surface area contributed by atoms with E-state index in [1.54, 1.807) is 32.3 Å². The second-order valence-corrected chi connectivity index (χ2v) is 5.19. The number of anilines is 1. The topological polar surface area (TPSA) is 86.9 Å². The molecule has 6 heteroatoms. The monoisotopic (exact) mass is 293 g/mol. The highest BCUT2D eigenvalue weighted by Gasteiger charge is 2.18. The van der Waals surface area contributed by atoms with Crippen molar-refractivity contribution in [2.45, 2.75) is 19.9 Å². The standard InChI is InChI=1S/C15H23N3O3/c1-4-8-18(10-13(19)17(2)3)9-11-6-5-7-12(16)14(11)15(20)21/h5-7H,4,8-10,16H2,1-3H3,(H,20,21). The third-order valence-corrected chi connectivity index (χ3v) is 3.19. The van der Waals surface area contributed by atoms with E-state index in [9.17, 15) is 14.7 Å². The summed E-state index contributed by atoms with van der Waals surface area (Å²) in [5, 5.41) is 9.29. The first-order valence-electron chi connectivity index (χ1n) is 6.90. The molecule has 0 spiro atoms. The van der Waals surface area contributed by atoms with E-state index >= 15 is 0 Å². The van der Waals surface area contributed by atoms with Gasteiger partial charge in [-0.3, -0.25) is 9.69 Å². The Kier molecular flexibility index (Phi) is 6.17. The molecular weight excluding hydrogens is 270 g/mol. The van der Waals surface area contributed by atoms with Crippen LogP contribution in [-0.2, 0) is 11.3 Å². The molecule has 3 N–H and O–H groups in total. The Bertz CT molecular complexity index is 515. The van der Waals surface area contributed by atoms with Gasteiger partial charge in [0.25, 0.3) is 0 Å². The second-order valence-electron chi connectivity index (χ2n) is 5.19. The molecule has 21 heavy (non-hydrogen) atoms. The summed E-state index contributed by atoms with van der Waals surface area (Å²) in [6.45, 7) is 3.38. The minimum Gasteiger partial charge on any atom is -0.478 e. The van der Waals surface area contributed by atoms with Gasteiger partial charge >= 0.3 is 5.97 Å². The maximum absolute atomic E-state index is 11.8. The molecule has 1 aromatic rings. The van der Waals surface area contributed by atoms with Gasteiger partial charge in [-0.15, -0.1) is 0 Å². The summed E-state index contributed by atoms with van der Waals surface area (Å²) < 4.78 is 0. The number of nitrogens with zero attached hydrogens (tertiary/aromatic N) is 2. The number of nitrogen functional groups attached to an aromatic ring is 1. The van der Waals surface area contributed by atoms with E-state index < -0.39 is 5.97 Å². The lowest BCUT2D eigenvalue weighted by Crippen LogP contribution is -2.37. The smallest absolute Gasteiger partial charge is 0.338 e. The Morgan fingerprint density at radius 3 is 2.48 bits per heavy atom. The van der Waals surface area contributed by atoms with Gasteiger partial charge in [0.15, 0.2) is 0 Å². The van der Waals surface area contributed by atoms with Crippen molar-refractivity contribution in [1.82, 2.24) is 9.80 Å². The number of nitrogens with two attached hydrogens (primary N) is 1. The lowest BCUT2D eigenvalue weighted by atomic mass is 10.0. The molecule has 0 aromatic heterocycles. The van der Waals surface area contributed by atoms with Crippen molar-refractivity contribution in [3.8, 4) is 0 Å². The minimum absolute atomic E-state index is 0.00997. The summed E-state index contributed by atoms with van der Waals surface area (Å²) in [5.41, 5.74) is 6.74. The maximum atomic E-state index is 11.8. The van der Waals surface area contributed by atoms with Crippen LogP contribution in [0.4, 0.5) is 5.69 Å². The molecule has 6 nitrogen and oxygen atoms in total. The molecule has 116 valence electrons. The van der Waals surface area contributed by atoms with E-state index in [0.717, 1.165) is 6.42 Å². The van der Waals surface area contributed by atoms with Crippen LogP contribution in [0.2, 0.25) is 0 Å². The lowest BCUT2D eigenvalue weighted by molar-refractivity contribution is -0.130. The average Bonchev–Trinajstić information content (AvgIpc) is 2.38. The highest BCUT2D eigenvalue weighted by atomic mass is 16.4. The van der Waals surface area contributed by atoms with E-state index in [1.165, 1.54) is 4.90 Å². The molecule has 0 fully saturated rings. The molecule has 0 unspecified atom stereocenters. The van der Waals surface area contributed by atoms with Crippen LogP contribution < -0.4 is 5.73 Å². The summed E-state index contributed by atoms with van der Waals surface area (Å²) in [4.78, 5) is 26.6. The van der Waals surface area contributed by atoms with Crippen LogP contribution in [0.5, 0.6) is 0 Å². The van der Waals surface area contributed by atoms with Crippen LogP contribution in [0.15, 0.2) is 18.2 Å². The van der Waals surface area contributed by atoms with Crippen LogP contribution in [0.3, 0.4) is 0 Å². The van der Waals surface area contributed by atoms with Gasteiger partial charge in [-0.2, -0.15) is 0 Å². The third kappa shape index (κ3) is 4.75. The SMILES string of the molecule is CCCN(CC(=O)N(C)C)Cc1cccc(N)c1C(=O)O. The van der Waals surface area contributed by atoms with Crippen molar-refractivity contribution in [3.63, 3.8) is 0 Å². The van der Waals surface area contributed by atoms with Gasteiger partial charge in [0, 0.05) is 26.3 Å². The van der Waals surface area contributed by atoms with E-state index in [2.05, 4.69) is 0 Å². The molecule has 0 aliphatic heterocycles. The fraction of sp³-hybridized carbons (Fsp3) is 0.467. The normalized spacial score (nSPS) is 10.7. The fourth-order valence-electron chi connectivity index (χ4n) is 2.12. The molecule has 1 aromatic carbocycles. The zero-order chi connectivity index (χ0) is 16.0. The first kappa shape index (κ1) is 17.0. The van der Waals surface area contributed by atoms with Gasteiger partial charge < -0.3 is 15.7 Å². The largest absolute Gasteiger partial charge is 0.478 e. The maximum Gasteiger partial charge on any atom is 0.338 e. The zero-order valence-corrected chi connectivity index (χ0v) is 12.8. The van der Waals surface area contributed by atoms with Gasteiger partial charge in [-0.05, 0) is 24.6 Å². The number of benzene rings is 1. The van der Waals surface area contributed by atoms with Crippen molar-refractivity contribution in [3.05, 3.63) is 29.3 Å². The Balaban J connectivity index is 2.96. The van der Waals surface area contributed by atoms with Gasteiger partial charge in [-0.25, -0.2) is 4.79 Å². The van der Waals surface area contributed by atoms with Crippen molar-refractivity contribution in [1.29, 1.82) is 0 Å². The van der Waals surface area contributed by atoms with Crippen LogP contribution in [-0.4, -0.2) is 54.0 Å². The number of likely N-dealkylation sites (N-methyl/N-ethyl adjacent to an activating group) is 1. The number of hydrogen-bond acceptors (Lipinski definition) is 4. The quantitative estimate of drug-likeness (QED) is 0.739. The lowest BCUT2D eigenvalue weighted by Gasteiger charge is -2.24. The fourth-order valence-corrected chi connectivity index (χ4v) is 2.12. The van der Waals surface area contributed by atoms with Crippen LogP contribution >= 0.6 is 0 Å². The molecule has 0 saturated heterocycles. The number of rotatable bonds is 7. The molecular formula is C15H23N3O3. The van der Waals surface area contributed by atoms with Gasteiger partial charge in [-0.1, -0.05) is 19.1 Å². The molecule has 0 atom stereocenters. The second kappa shape index (κ2) is 7.64. The van der Waals surface area contributed by atoms with Crippen LogP contribution in [0.25, 0.3) is 0 Å². The van der Waals surface area contributed by atoms with E-state index in [-0.39, 0.29) is 23.7 Å². The molecule has 0 saturated carbocycles. The van der Waals surface area contributed by atoms with Gasteiger partial charge in [0.2, 0.25) is 5.91 Å². The molecule has 1 amide bonds. The van der Waals surface area contributed by atoms with Crippen LogP contribution in [0.1, 0.15) is 29.3 Å². The van der Waals surface area contributed by atoms with E-state index in [0.29, 0.717) is 18.7 Å². The van der Waals surface area contributed by atoms with Crippen molar-refractivity contribution < 1.29 is 14.7 Å². The molecule has 0 radical (unpaired) electrons. The van der Waals surface area contributed by atoms with Crippen molar-refractivity contribution >= 4 is 17.6 Å². The predicted molar refractivity (Wildman–Crippen MR) is 82.1 cm³/mol. The first-order chi connectivity index (χ1) is 9.86. The Morgan fingerprint density at radius 2 is 1.95 bits per heavy atom. The summed E-state index contributed by atoms with van der Waals surface area (Å²) in [6.07, 6.45) is 0.880. The molecule has 0 bridgehead atoms. The average molecular weight is 293 g/mol. The Morgan fingerprint density at radius 1 is 1.29 bits per heavy atom. The number of hydrogen-bond donors (Lipinski definition) is 2. The summed E-state index contributed by atoms with van der Waals surface area (Å²) in [6, 6.07) is 5.04. The number of carboxylic acid groups (broad SMARTS) is 1. The number of amides is 1. The Hall–Kier alpha value is -2.08. The first-order valence-corrected chi connectivity index (χ1v) is 6.90. The van der Waals surface area contributed by atoms with Crippen molar-refractivity contribution in [2.75, 3.05) is 32.9 Å². The van der Waals surface area contributed by atoms with Gasteiger partial charge in [0.1, 0.15) is 0 Å². The summed E-state index contributed by atoms with van der Waals surface area (Å²) >= 11 is 0. The molecule has 1 rings (SSSR count). The number of aromatic carboxylic acids is 1. The third-order valence-electron chi connectivity index (χ3n) is 3.19.